The monoisotopic (exact) mass is 264 g/mol. The molecule has 0 bridgehead atoms. The number of benzene rings is 2. The summed E-state index contributed by atoms with van der Waals surface area (Å²) in [6.07, 6.45) is 1.78. The Bertz CT molecular complexity index is 699. The van der Waals surface area contributed by atoms with Crippen molar-refractivity contribution in [3.63, 3.8) is 0 Å². The number of hydrogen-bond acceptors (Lipinski definition) is 2. The molecule has 0 saturated heterocycles. The molecule has 2 aromatic carbocycles. The van der Waals surface area contributed by atoms with Crippen LogP contribution in [0.2, 0.25) is 0 Å². The standard InChI is InChI=1S/C17H16N2O/c1-11-6-8-13(9-7-11)18-10-14-16-12(2)4-3-5-15(16)19-17(14)20/h3-10,18H,1-2H3,(H,19,20). The van der Waals surface area contributed by atoms with E-state index in [-0.39, 0.29) is 5.91 Å². The van der Waals surface area contributed by atoms with Gasteiger partial charge >= 0.3 is 0 Å². The molecule has 2 aromatic rings. The van der Waals surface area contributed by atoms with E-state index in [1.165, 1.54) is 5.56 Å². The molecule has 2 N–H and O–H groups in total. The Hall–Kier alpha value is -2.55. The summed E-state index contributed by atoms with van der Waals surface area (Å²) in [5.41, 5.74) is 5.82. The molecule has 0 saturated carbocycles. The predicted molar refractivity (Wildman–Crippen MR) is 82.6 cm³/mol. The van der Waals surface area contributed by atoms with Gasteiger partial charge in [-0.2, -0.15) is 0 Å². The second kappa shape index (κ2) is 4.85. The molecule has 0 unspecified atom stereocenters. The van der Waals surface area contributed by atoms with E-state index in [2.05, 4.69) is 10.6 Å². The van der Waals surface area contributed by atoms with Gasteiger partial charge in [0.05, 0.1) is 5.57 Å². The van der Waals surface area contributed by atoms with E-state index in [0.29, 0.717) is 5.57 Å². The van der Waals surface area contributed by atoms with Gasteiger partial charge in [-0.1, -0.05) is 29.8 Å². The highest BCUT2D eigenvalue weighted by molar-refractivity contribution is 6.32. The minimum Gasteiger partial charge on any atom is -0.361 e. The van der Waals surface area contributed by atoms with Crippen LogP contribution in [-0.4, -0.2) is 5.91 Å². The maximum absolute atomic E-state index is 12.0. The van der Waals surface area contributed by atoms with Gasteiger partial charge in [0.1, 0.15) is 0 Å². The average Bonchev–Trinajstić information content (AvgIpc) is 2.75. The molecular formula is C17H16N2O. The summed E-state index contributed by atoms with van der Waals surface area (Å²) in [6.45, 7) is 4.06. The Balaban J connectivity index is 1.93. The Kier molecular flexibility index (Phi) is 3.03. The lowest BCUT2D eigenvalue weighted by molar-refractivity contribution is -0.110. The maximum Gasteiger partial charge on any atom is 0.257 e. The predicted octanol–water partition coefficient (Wildman–Crippen LogP) is 3.71. The van der Waals surface area contributed by atoms with Crippen LogP contribution in [0.3, 0.4) is 0 Å². The van der Waals surface area contributed by atoms with Crippen molar-refractivity contribution in [2.45, 2.75) is 13.8 Å². The number of anilines is 2. The van der Waals surface area contributed by atoms with Crippen LogP contribution in [0.15, 0.2) is 48.7 Å². The molecule has 20 heavy (non-hydrogen) atoms. The summed E-state index contributed by atoms with van der Waals surface area (Å²) >= 11 is 0. The fourth-order valence-corrected chi connectivity index (χ4v) is 2.38. The number of rotatable bonds is 2. The Morgan fingerprint density at radius 3 is 2.55 bits per heavy atom. The molecule has 0 radical (unpaired) electrons. The molecule has 1 amide bonds. The molecule has 0 spiro atoms. The largest absolute Gasteiger partial charge is 0.361 e. The first-order chi connectivity index (χ1) is 9.65. The van der Waals surface area contributed by atoms with Gasteiger partial charge in [0.2, 0.25) is 0 Å². The Morgan fingerprint density at radius 2 is 1.80 bits per heavy atom. The summed E-state index contributed by atoms with van der Waals surface area (Å²) in [5, 5.41) is 6.08. The summed E-state index contributed by atoms with van der Waals surface area (Å²) in [7, 11) is 0. The van der Waals surface area contributed by atoms with E-state index >= 15 is 0 Å². The third kappa shape index (κ3) is 2.18. The minimum absolute atomic E-state index is 0.0612. The zero-order valence-electron chi connectivity index (χ0n) is 11.5. The molecular weight excluding hydrogens is 248 g/mol. The Labute approximate surface area is 118 Å². The van der Waals surface area contributed by atoms with Crippen molar-refractivity contribution < 1.29 is 4.79 Å². The van der Waals surface area contributed by atoms with Crippen LogP contribution < -0.4 is 10.6 Å². The highest BCUT2D eigenvalue weighted by Crippen LogP contribution is 2.34. The van der Waals surface area contributed by atoms with Crippen molar-refractivity contribution in [2.75, 3.05) is 10.6 Å². The molecule has 0 aliphatic carbocycles. The van der Waals surface area contributed by atoms with Crippen molar-refractivity contribution in [3.05, 3.63) is 65.4 Å². The smallest absolute Gasteiger partial charge is 0.257 e. The fourth-order valence-electron chi connectivity index (χ4n) is 2.38. The quantitative estimate of drug-likeness (QED) is 0.812. The number of nitrogens with one attached hydrogen (secondary N) is 2. The molecule has 3 heteroatoms. The number of amides is 1. The van der Waals surface area contributed by atoms with Gasteiger partial charge in [-0.25, -0.2) is 0 Å². The first kappa shape index (κ1) is 12.5. The molecule has 1 heterocycles. The van der Waals surface area contributed by atoms with Crippen LogP contribution in [0.5, 0.6) is 0 Å². The van der Waals surface area contributed by atoms with Crippen molar-refractivity contribution in [2.24, 2.45) is 0 Å². The minimum atomic E-state index is -0.0612. The molecule has 3 rings (SSSR count). The third-order valence-electron chi connectivity index (χ3n) is 3.47. The van der Waals surface area contributed by atoms with Gasteiger partial charge in [0.25, 0.3) is 5.91 Å². The van der Waals surface area contributed by atoms with Gasteiger partial charge in [-0.15, -0.1) is 0 Å². The molecule has 1 aliphatic rings. The van der Waals surface area contributed by atoms with Crippen LogP contribution in [-0.2, 0) is 4.79 Å². The molecule has 0 atom stereocenters. The zero-order valence-corrected chi connectivity index (χ0v) is 11.5. The zero-order chi connectivity index (χ0) is 14.1. The number of fused-ring (bicyclic) bond motifs is 1. The number of hydrogen-bond donors (Lipinski definition) is 2. The van der Waals surface area contributed by atoms with Gasteiger partial charge in [0, 0.05) is 23.1 Å². The van der Waals surface area contributed by atoms with Crippen LogP contribution >= 0.6 is 0 Å². The van der Waals surface area contributed by atoms with E-state index in [0.717, 1.165) is 22.5 Å². The summed E-state index contributed by atoms with van der Waals surface area (Å²) < 4.78 is 0. The van der Waals surface area contributed by atoms with Gasteiger partial charge in [-0.05, 0) is 37.6 Å². The van der Waals surface area contributed by atoms with Gasteiger partial charge < -0.3 is 10.6 Å². The second-order valence-electron chi connectivity index (χ2n) is 5.02. The topological polar surface area (TPSA) is 41.1 Å². The van der Waals surface area contributed by atoms with Crippen LogP contribution in [0.4, 0.5) is 11.4 Å². The molecule has 0 fully saturated rings. The normalized spacial score (nSPS) is 15.1. The van der Waals surface area contributed by atoms with Crippen LogP contribution in [0.1, 0.15) is 16.7 Å². The first-order valence-electron chi connectivity index (χ1n) is 6.60. The highest BCUT2D eigenvalue weighted by Gasteiger charge is 2.25. The second-order valence-corrected chi connectivity index (χ2v) is 5.02. The molecule has 0 aromatic heterocycles. The molecule has 3 nitrogen and oxygen atoms in total. The molecule has 1 aliphatic heterocycles. The third-order valence-corrected chi connectivity index (χ3v) is 3.47. The van der Waals surface area contributed by atoms with E-state index in [9.17, 15) is 4.79 Å². The van der Waals surface area contributed by atoms with E-state index in [1.54, 1.807) is 6.20 Å². The van der Waals surface area contributed by atoms with E-state index in [4.69, 9.17) is 0 Å². The van der Waals surface area contributed by atoms with Crippen molar-refractivity contribution in [1.82, 2.24) is 0 Å². The average molecular weight is 264 g/mol. The fraction of sp³-hybridized carbons (Fsp3) is 0.118. The highest BCUT2D eigenvalue weighted by atomic mass is 16.2. The lowest BCUT2D eigenvalue weighted by Crippen LogP contribution is -2.05. The summed E-state index contributed by atoms with van der Waals surface area (Å²) in [5.74, 6) is -0.0612. The van der Waals surface area contributed by atoms with Gasteiger partial charge in [-0.3, -0.25) is 4.79 Å². The number of aryl methyl sites for hydroxylation is 2. The van der Waals surface area contributed by atoms with Crippen molar-refractivity contribution in [3.8, 4) is 0 Å². The van der Waals surface area contributed by atoms with Crippen molar-refractivity contribution >= 4 is 22.9 Å². The van der Waals surface area contributed by atoms with E-state index < -0.39 is 0 Å². The molecule has 100 valence electrons. The number of carbonyl (C=O) groups excluding carboxylic acids is 1. The summed E-state index contributed by atoms with van der Waals surface area (Å²) in [6, 6.07) is 14.0. The van der Waals surface area contributed by atoms with Gasteiger partial charge in [0.15, 0.2) is 0 Å². The SMILES string of the molecule is Cc1ccc(NC=C2C(=O)Nc3cccc(C)c32)cc1. The first-order valence-corrected chi connectivity index (χ1v) is 6.60. The lowest BCUT2D eigenvalue weighted by Gasteiger charge is -2.05. The van der Waals surface area contributed by atoms with E-state index in [1.807, 2.05) is 56.3 Å². The van der Waals surface area contributed by atoms with Crippen molar-refractivity contribution in [1.29, 1.82) is 0 Å². The number of carbonyl (C=O) groups is 1. The maximum atomic E-state index is 12.0. The van der Waals surface area contributed by atoms with Crippen LogP contribution in [0.25, 0.3) is 5.57 Å². The summed E-state index contributed by atoms with van der Waals surface area (Å²) in [4.78, 5) is 12.0. The lowest BCUT2D eigenvalue weighted by atomic mass is 10.0. The Morgan fingerprint density at radius 1 is 1.05 bits per heavy atom. The van der Waals surface area contributed by atoms with Crippen LogP contribution in [0, 0.1) is 13.8 Å².